The Hall–Kier alpha value is -1.92. The van der Waals surface area contributed by atoms with Gasteiger partial charge in [-0.1, -0.05) is 19.1 Å². The van der Waals surface area contributed by atoms with Crippen LogP contribution in [0.3, 0.4) is 0 Å². The molecule has 1 fully saturated rings. The van der Waals surface area contributed by atoms with Crippen molar-refractivity contribution >= 4 is 17.6 Å². The first-order chi connectivity index (χ1) is 10.1. The van der Waals surface area contributed by atoms with Crippen LogP contribution in [0, 0.1) is 0 Å². The van der Waals surface area contributed by atoms with Crippen LogP contribution in [0.5, 0.6) is 0 Å². The fourth-order valence-electron chi connectivity index (χ4n) is 2.14. The number of nitrogens with one attached hydrogen (secondary N) is 1. The van der Waals surface area contributed by atoms with Crippen molar-refractivity contribution in [3.8, 4) is 0 Å². The van der Waals surface area contributed by atoms with Gasteiger partial charge in [0.05, 0.1) is 26.2 Å². The Bertz CT molecular complexity index is 493. The zero-order chi connectivity index (χ0) is 15.2. The molecule has 6 nitrogen and oxygen atoms in total. The Morgan fingerprint density at radius 3 is 2.62 bits per heavy atom. The Kier molecular flexibility index (Phi) is 5.30. The maximum atomic E-state index is 11.9. The summed E-state index contributed by atoms with van der Waals surface area (Å²) in [5, 5.41) is 11.5. The molecule has 1 amide bonds. The number of amides is 1. The van der Waals surface area contributed by atoms with E-state index in [1.807, 2.05) is 19.1 Å². The van der Waals surface area contributed by atoms with Gasteiger partial charge >= 0.3 is 5.97 Å². The molecule has 1 heterocycles. The van der Waals surface area contributed by atoms with Crippen molar-refractivity contribution in [1.82, 2.24) is 0 Å². The summed E-state index contributed by atoms with van der Waals surface area (Å²) in [5.74, 6) is -1.13. The van der Waals surface area contributed by atoms with E-state index in [2.05, 4.69) is 5.32 Å². The molecular formula is C15H19NO5. The molecule has 2 atom stereocenters. The van der Waals surface area contributed by atoms with Crippen molar-refractivity contribution in [2.75, 3.05) is 25.1 Å². The van der Waals surface area contributed by atoms with Crippen molar-refractivity contribution < 1.29 is 24.2 Å². The number of anilines is 1. The van der Waals surface area contributed by atoms with E-state index in [-0.39, 0.29) is 24.9 Å². The molecule has 6 heteroatoms. The third-order valence-corrected chi connectivity index (χ3v) is 3.34. The maximum absolute atomic E-state index is 11.9. The van der Waals surface area contributed by atoms with E-state index in [1.54, 1.807) is 12.1 Å². The summed E-state index contributed by atoms with van der Waals surface area (Å²) < 4.78 is 10.5. The van der Waals surface area contributed by atoms with Gasteiger partial charge in [-0.2, -0.15) is 0 Å². The number of carboxylic acids is 1. The second-order valence-corrected chi connectivity index (χ2v) is 5.04. The molecule has 1 aliphatic heterocycles. The molecule has 1 aliphatic rings. The van der Waals surface area contributed by atoms with Gasteiger partial charge < -0.3 is 19.9 Å². The van der Waals surface area contributed by atoms with Crippen LogP contribution in [-0.4, -0.2) is 42.9 Å². The van der Waals surface area contributed by atoms with Gasteiger partial charge in [-0.15, -0.1) is 0 Å². The largest absolute Gasteiger partial charge is 0.481 e. The number of benzene rings is 1. The molecule has 0 bridgehead atoms. The van der Waals surface area contributed by atoms with E-state index in [0.29, 0.717) is 18.9 Å². The van der Waals surface area contributed by atoms with Crippen molar-refractivity contribution in [3.05, 3.63) is 29.8 Å². The molecule has 21 heavy (non-hydrogen) atoms. The molecular weight excluding hydrogens is 274 g/mol. The maximum Gasteiger partial charge on any atom is 0.303 e. The molecule has 2 rings (SSSR count). The highest BCUT2D eigenvalue weighted by Gasteiger charge is 2.22. The highest BCUT2D eigenvalue weighted by molar-refractivity contribution is 5.94. The molecule has 1 aromatic carbocycles. The van der Waals surface area contributed by atoms with Gasteiger partial charge in [-0.3, -0.25) is 9.59 Å². The molecule has 0 aromatic heterocycles. The van der Waals surface area contributed by atoms with Gasteiger partial charge in [-0.25, -0.2) is 0 Å². The van der Waals surface area contributed by atoms with Crippen LogP contribution in [0.2, 0.25) is 0 Å². The first-order valence-electron chi connectivity index (χ1n) is 6.88. The quantitative estimate of drug-likeness (QED) is 0.861. The minimum Gasteiger partial charge on any atom is -0.481 e. The highest BCUT2D eigenvalue weighted by atomic mass is 16.6. The summed E-state index contributed by atoms with van der Waals surface area (Å²) >= 11 is 0. The lowest BCUT2D eigenvalue weighted by Crippen LogP contribution is -2.39. The van der Waals surface area contributed by atoms with Gasteiger partial charge in [0.25, 0.3) is 5.91 Å². The first-order valence-corrected chi connectivity index (χ1v) is 6.88. The summed E-state index contributed by atoms with van der Waals surface area (Å²) in [6.45, 7) is 3.05. The summed E-state index contributed by atoms with van der Waals surface area (Å²) in [6, 6.07) is 7.16. The van der Waals surface area contributed by atoms with Gasteiger partial charge in [0.2, 0.25) is 0 Å². The highest BCUT2D eigenvalue weighted by Crippen LogP contribution is 2.21. The van der Waals surface area contributed by atoms with Crippen LogP contribution >= 0.6 is 0 Å². The van der Waals surface area contributed by atoms with Crippen LogP contribution in [0.25, 0.3) is 0 Å². The number of aliphatic carboxylic acids is 1. The number of carbonyl (C=O) groups excluding carboxylic acids is 1. The van der Waals surface area contributed by atoms with E-state index < -0.39 is 12.1 Å². The van der Waals surface area contributed by atoms with Gasteiger partial charge in [0.1, 0.15) is 0 Å². The SMILES string of the molecule is CC(CC(=O)O)c1ccc(NC(=O)C2COCCO2)cc1. The lowest BCUT2D eigenvalue weighted by molar-refractivity contribution is -0.142. The summed E-state index contributed by atoms with van der Waals surface area (Å²) in [6.07, 6.45) is -0.497. The van der Waals surface area contributed by atoms with E-state index in [1.165, 1.54) is 0 Å². The zero-order valence-corrected chi connectivity index (χ0v) is 11.9. The number of carboxylic acid groups (broad SMARTS) is 1. The summed E-state index contributed by atoms with van der Waals surface area (Å²) in [5.41, 5.74) is 1.58. The van der Waals surface area contributed by atoms with Crippen LogP contribution in [-0.2, 0) is 19.1 Å². The van der Waals surface area contributed by atoms with Gasteiger partial charge in [-0.05, 0) is 23.6 Å². The Morgan fingerprint density at radius 1 is 1.33 bits per heavy atom. The zero-order valence-electron chi connectivity index (χ0n) is 11.9. The second-order valence-electron chi connectivity index (χ2n) is 5.04. The number of carbonyl (C=O) groups is 2. The van der Waals surface area contributed by atoms with E-state index in [9.17, 15) is 9.59 Å². The third-order valence-electron chi connectivity index (χ3n) is 3.34. The molecule has 2 N–H and O–H groups in total. The minimum atomic E-state index is -0.825. The molecule has 0 saturated carbocycles. The van der Waals surface area contributed by atoms with Crippen LogP contribution in [0.4, 0.5) is 5.69 Å². The summed E-state index contributed by atoms with van der Waals surface area (Å²) in [7, 11) is 0. The molecule has 0 radical (unpaired) electrons. The van der Waals surface area contributed by atoms with Gasteiger partial charge in [0, 0.05) is 5.69 Å². The Labute approximate surface area is 123 Å². The van der Waals surface area contributed by atoms with Crippen molar-refractivity contribution in [2.24, 2.45) is 0 Å². The number of ether oxygens (including phenoxy) is 2. The lowest BCUT2D eigenvalue weighted by atomic mass is 9.98. The monoisotopic (exact) mass is 293 g/mol. The van der Waals surface area contributed by atoms with Crippen LogP contribution in [0.15, 0.2) is 24.3 Å². The molecule has 0 aliphatic carbocycles. The molecule has 114 valence electrons. The number of hydrogen-bond acceptors (Lipinski definition) is 4. The third kappa shape index (κ3) is 4.54. The fourth-order valence-corrected chi connectivity index (χ4v) is 2.14. The van der Waals surface area contributed by atoms with Crippen LogP contribution in [0.1, 0.15) is 24.8 Å². The fraction of sp³-hybridized carbons (Fsp3) is 0.467. The predicted octanol–water partition coefficient (Wildman–Crippen LogP) is 1.62. The van der Waals surface area contributed by atoms with Gasteiger partial charge in [0.15, 0.2) is 6.10 Å². The molecule has 0 spiro atoms. The van der Waals surface area contributed by atoms with E-state index in [0.717, 1.165) is 5.56 Å². The average molecular weight is 293 g/mol. The lowest BCUT2D eigenvalue weighted by Gasteiger charge is -2.22. The average Bonchev–Trinajstić information content (AvgIpc) is 2.48. The Balaban J connectivity index is 1.92. The van der Waals surface area contributed by atoms with E-state index in [4.69, 9.17) is 14.6 Å². The van der Waals surface area contributed by atoms with Crippen molar-refractivity contribution in [2.45, 2.75) is 25.4 Å². The Morgan fingerprint density at radius 2 is 2.05 bits per heavy atom. The standard InChI is InChI=1S/C15H19NO5/c1-10(8-14(17)18)11-2-4-12(5-3-11)16-15(19)13-9-20-6-7-21-13/h2-5,10,13H,6-9H2,1H3,(H,16,19)(H,17,18). The summed E-state index contributed by atoms with van der Waals surface area (Å²) in [4.78, 5) is 22.6. The predicted molar refractivity (Wildman–Crippen MR) is 76.3 cm³/mol. The van der Waals surface area contributed by atoms with E-state index >= 15 is 0 Å². The number of rotatable bonds is 5. The first kappa shape index (κ1) is 15.5. The van der Waals surface area contributed by atoms with Crippen molar-refractivity contribution in [3.63, 3.8) is 0 Å². The van der Waals surface area contributed by atoms with Crippen LogP contribution < -0.4 is 5.32 Å². The number of hydrogen-bond donors (Lipinski definition) is 2. The molecule has 1 saturated heterocycles. The second kappa shape index (κ2) is 7.19. The molecule has 1 aromatic rings. The minimum absolute atomic E-state index is 0.0673. The van der Waals surface area contributed by atoms with Crippen molar-refractivity contribution in [1.29, 1.82) is 0 Å². The normalized spacial score (nSPS) is 19.8. The smallest absolute Gasteiger partial charge is 0.303 e. The molecule has 2 unspecified atom stereocenters. The topological polar surface area (TPSA) is 84.9 Å².